The summed E-state index contributed by atoms with van der Waals surface area (Å²) in [5.41, 5.74) is 1.20. The van der Waals surface area contributed by atoms with Gasteiger partial charge in [-0.2, -0.15) is 0 Å². The van der Waals surface area contributed by atoms with Crippen molar-refractivity contribution in [2.45, 2.75) is 39.2 Å². The lowest BCUT2D eigenvalue weighted by Gasteiger charge is -2.20. The van der Waals surface area contributed by atoms with Crippen LogP contribution >= 0.6 is 0 Å². The average Bonchev–Trinajstić information content (AvgIpc) is 2.75. The maximum Gasteiger partial charge on any atom is 0.161 e. The average molecular weight is 293 g/mol. The summed E-state index contributed by atoms with van der Waals surface area (Å²) in [7, 11) is 0. The Balaban J connectivity index is 2.08. The lowest BCUT2D eigenvalue weighted by Crippen LogP contribution is -2.26. The Bertz CT molecular complexity index is 422. The van der Waals surface area contributed by atoms with Gasteiger partial charge in [-0.25, -0.2) is 0 Å². The summed E-state index contributed by atoms with van der Waals surface area (Å²) in [6, 6.07) is 6.41. The quantitative estimate of drug-likeness (QED) is 0.746. The molecule has 0 amide bonds. The third-order valence-electron chi connectivity index (χ3n) is 3.45. The molecule has 0 fully saturated rings. The largest absolute Gasteiger partial charge is 0.490 e. The van der Waals surface area contributed by atoms with Crippen molar-refractivity contribution in [3.63, 3.8) is 0 Å². The monoisotopic (exact) mass is 293 g/mol. The molecule has 0 saturated heterocycles. The molecule has 1 heterocycles. The van der Waals surface area contributed by atoms with E-state index in [1.54, 1.807) is 0 Å². The number of nitrogens with one attached hydrogen (secondary N) is 1. The summed E-state index contributed by atoms with van der Waals surface area (Å²) in [6.07, 6.45) is 3.08. The van der Waals surface area contributed by atoms with Crippen LogP contribution in [0.4, 0.5) is 0 Å². The van der Waals surface area contributed by atoms with Crippen molar-refractivity contribution >= 4 is 0 Å². The molecule has 0 saturated carbocycles. The van der Waals surface area contributed by atoms with Crippen LogP contribution in [0.5, 0.6) is 11.5 Å². The van der Waals surface area contributed by atoms with Crippen molar-refractivity contribution in [2.75, 3.05) is 33.0 Å². The molecule has 1 aliphatic heterocycles. The molecule has 21 heavy (non-hydrogen) atoms. The van der Waals surface area contributed by atoms with Crippen LogP contribution in [-0.4, -0.2) is 33.0 Å². The molecule has 0 spiro atoms. The maximum atomic E-state index is 5.78. The van der Waals surface area contributed by atoms with E-state index in [-0.39, 0.29) is 6.04 Å². The van der Waals surface area contributed by atoms with Crippen LogP contribution < -0.4 is 14.8 Å². The SMILES string of the molecule is CCCNC(COCCC)c1ccc2c(c1)OCCCO2. The van der Waals surface area contributed by atoms with Crippen molar-refractivity contribution in [1.82, 2.24) is 5.32 Å². The zero-order valence-corrected chi connectivity index (χ0v) is 13.2. The second kappa shape index (κ2) is 8.90. The molecule has 1 aromatic carbocycles. The van der Waals surface area contributed by atoms with Gasteiger partial charge in [-0.05, 0) is 37.1 Å². The first-order chi connectivity index (χ1) is 10.3. The third kappa shape index (κ3) is 4.90. The summed E-state index contributed by atoms with van der Waals surface area (Å²) in [6.45, 7) is 8.21. The Morgan fingerprint density at radius 1 is 1.14 bits per heavy atom. The van der Waals surface area contributed by atoms with E-state index in [1.165, 1.54) is 5.56 Å². The lowest BCUT2D eigenvalue weighted by molar-refractivity contribution is 0.112. The molecule has 0 aromatic heterocycles. The minimum Gasteiger partial charge on any atom is -0.490 e. The van der Waals surface area contributed by atoms with Crippen LogP contribution in [0.1, 0.15) is 44.7 Å². The van der Waals surface area contributed by atoms with Crippen molar-refractivity contribution in [3.05, 3.63) is 23.8 Å². The predicted octanol–water partition coefficient (Wildman–Crippen LogP) is 3.32. The van der Waals surface area contributed by atoms with Gasteiger partial charge < -0.3 is 19.5 Å². The number of benzene rings is 1. The highest BCUT2D eigenvalue weighted by molar-refractivity contribution is 5.44. The summed E-state index contributed by atoms with van der Waals surface area (Å²) < 4.78 is 17.2. The van der Waals surface area contributed by atoms with E-state index >= 15 is 0 Å². The first-order valence-electron chi connectivity index (χ1n) is 8.05. The van der Waals surface area contributed by atoms with Crippen LogP contribution in [0.3, 0.4) is 0 Å². The highest BCUT2D eigenvalue weighted by Gasteiger charge is 2.16. The van der Waals surface area contributed by atoms with Crippen LogP contribution in [0.2, 0.25) is 0 Å². The molecular formula is C17H27NO3. The highest BCUT2D eigenvalue weighted by atomic mass is 16.5. The van der Waals surface area contributed by atoms with Gasteiger partial charge in [0.15, 0.2) is 11.5 Å². The van der Waals surface area contributed by atoms with E-state index < -0.39 is 0 Å². The van der Waals surface area contributed by atoms with Crippen LogP contribution in [0.25, 0.3) is 0 Å². The number of fused-ring (bicyclic) bond motifs is 1. The number of ether oxygens (including phenoxy) is 3. The van der Waals surface area contributed by atoms with Crippen LogP contribution in [-0.2, 0) is 4.74 Å². The fourth-order valence-electron chi connectivity index (χ4n) is 2.33. The first kappa shape index (κ1) is 16.1. The van der Waals surface area contributed by atoms with E-state index in [0.717, 1.165) is 57.1 Å². The molecule has 0 radical (unpaired) electrons. The molecule has 1 aromatic rings. The lowest BCUT2D eigenvalue weighted by atomic mass is 10.1. The van der Waals surface area contributed by atoms with E-state index in [4.69, 9.17) is 14.2 Å². The summed E-state index contributed by atoms with van der Waals surface area (Å²) >= 11 is 0. The fraction of sp³-hybridized carbons (Fsp3) is 0.647. The summed E-state index contributed by atoms with van der Waals surface area (Å²) in [5, 5.41) is 3.55. The Kier molecular flexibility index (Phi) is 6.83. The minimum absolute atomic E-state index is 0.202. The van der Waals surface area contributed by atoms with E-state index in [9.17, 15) is 0 Å². The van der Waals surface area contributed by atoms with Crippen molar-refractivity contribution in [2.24, 2.45) is 0 Å². The van der Waals surface area contributed by atoms with Gasteiger partial charge >= 0.3 is 0 Å². The molecule has 2 rings (SSSR count). The maximum absolute atomic E-state index is 5.78. The van der Waals surface area contributed by atoms with Gasteiger partial charge in [0.05, 0.1) is 25.9 Å². The van der Waals surface area contributed by atoms with Gasteiger partial charge in [-0.3, -0.25) is 0 Å². The molecule has 0 aliphatic carbocycles. The second-order valence-electron chi connectivity index (χ2n) is 5.34. The summed E-state index contributed by atoms with van der Waals surface area (Å²) in [4.78, 5) is 0. The van der Waals surface area contributed by atoms with Gasteiger partial charge in [0, 0.05) is 13.0 Å². The number of hydrogen-bond acceptors (Lipinski definition) is 4. The van der Waals surface area contributed by atoms with Gasteiger partial charge in [0.25, 0.3) is 0 Å². The fourth-order valence-corrected chi connectivity index (χ4v) is 2.33. The predicted molar refractivity (Wildman–Crippen MR) is 84.2 cm³/mol. The highest BCUT2D eigenvalue weighted by Crippen LogP contribution is 2.32. The normalized spacial score (nSPS) is 15.5. The third-order valence-corrected chi connectivity index (χ3v) is 3.45. The smallest absolute Gasteiger partial charge is 0.161 e. The number of rotatable bonds is 8. The van der Waals surface area contributed by atoms with Gasteiger partial charge in [-0.15, -0.1) is 0 Å². The van der Waals surface area contributed by atoms with Gasteiger partial charge in [0.1, 0.15) is 0 Å². The van der Waals surface area contributed by atoms with E-state index in [1.807, 2.05) is 6.07 Å². The van der Waals surface area contributed by atoms with Gasteiger partial charge in [0.2, 0.25) is 0 Å². The zero-order valence-electron chi connectivity index (χ0n) is 13.2. The van der Waals surface area contributed by atoms with Crippen molar-refractivity contribution < 1.29 is 14.2 Å². The molecular weight excluding hydrogens is 266 g/mol. The Morgan fingerprint density at radius 2 is 1.95 bits per heavy atom. The van der Waals surface area contributed by atoms with Crippen LogP contribution in [0, 0.1) is 0 Å². The molecule has 1 atom stereocenters. The van der Waals surface area contributed by atoms with Crippen LogP contribution in [0.15, 0.2) is 18.2 Å². The summed E-state index contributed by atoms with van der Waals surface area (Å²) in [5.74, 6) is 1.70. The molecule has 4 heteroatoms. The van der Waals surface area contributed by atoms with Gasteiger partial charge in [-0.1, -0.05) is 19.9 Å². The van der Waals surface area contributed by atoms with E-state index in [2.05, 4.69) is 31.3 Å². The number of hydrogen-bond donors (Lipinski definition) is 1. The minimum atomic E-state index is 0.202. The Labute approximate surface area is 127 Å². The van der Waals surface area contributed by atoms with Crippen molar-refractivity contribution in [1.29, 1.82) is 0 Å². The molecule has 118 valence electrons. The zero-order chi connectivity index (χ0) is 14.9. The topological polar surface area (TPSA) is 39.7 Å². The molecule has 4 nitrogen and oxygen atoms in total. The molecule has 1 aliphatic rings. The molecule has 0 bridgehead atoms. The standard InChI is InChI=1S/C17H27NO3/c1-3-8-18-15(13-19-9-4-2)14-6-7-16-17(12-14)21-11-5-10-20-16/h6-7,12,15,18H,3-5,8-11,13H2,1-2H3. The molecule has 1 unspecified atom stereocenters. The Hall–Kier alpha value is -1.26. The second-order valence-corrected chi connectivity index (χ2v) is 5.34. The van der Waals surface area contributed by atoms with E-state index in [0.29, 0.717) is 6.61 Å². The molecule has 1 N–H and O–H groups in total. The Morgan fingerprint density at radius 3 is 2.71 bits per heavy atom. The van der Waals surface area contributed by atoms with Crippen molar-refractivity contribution in [3.8, 4) is 11.5 Å². The first-order valence-corrected chi connectivity index (χ1v) is 8.05.